The van der Waals surface area contributed by atoms with Crippen LogP contribution in [0.5, 0.6) is 0 Å². The van der Waals surface area contributed by atoms with Crippen LogP contribution in [0, 0.1) is 11.3 Å². The van der Waals surface area contributed by atoms with Crippen molar-refractivity contribution in [2.24, 2.45) is 0 Å². The van der Waals surface area contributed by atoms with Crippen molar-refractivity contribution in [3.05, 3.63) is 35.0 Å². The van der Waals surface area contributed by atoms with Crippen LogP contribution < -0.4 is 4.90 Å². The lowest BCUT2D eigenvalue weighted by molar-refractivity contribution is 0.865. The highest BCUT2D eigenvalue weighted by Gasteiger charge is 2.12. The second-order valence-corrected chi connectivity index (χ2v) is 4.41. The topological polar surface area (TPSA) is 39.9 Å². The fourth-order valence-corrected chi connectivity index (χ4v) is 2.27. The van der Waals surface area contributed by atoms with E-state index < -0.39 is 0 Å². The number of nitrogens with zero attached hydrogens (tertiary/aromatic N) is 3. The van der Waals surface area contributed by atoms with Gasteiger partial charge in [0.25, 0.3) is 0 Å². The van der Waals surface area contributed by atoms with Gasteiger partial charge in [-0.1, -0.05) is 17.7 Å². The Morgan fingerprint density at radius 1 is 1.33 bits per heavy atom. The molecule has 1 aromatic carbocycles. The molecule has 0 aliphatic carbocycles. The van der Waals surface area contributed by atoms with Crippen molar-refractivity contribution < 1.29 is 0 Å². The van der Waals surface area contributed by atoms with E-state index in [1.807, 2.05) is 18.2 Å². The van der Waals surface area contributed by atoms with Crippen molar-refractivity contribution in [1.82, 2.24) is 4.98 Å². The van der Waals surface area contributed by atoms with Crippen molar-refractivity contribution in [2.45, 2.75) is 13.8 Å². The number of fused-ring (bicyclic) bond motifs is 1. The van der Waals surface area contributed by atoms with Crippen LogP contribution in [0.3, 0.4) is 0 Å². The van der Waals surface area contributed by atoms with Crippen LogP contribution in [0.4, 0.5) is 5.69 Å². The SMILES string of the molecule is CCN(CC)c1ccc2cc(Cl)cnc2c1C#N. The van der Waals surface area contributed by atoms with E-state index in [0.717, 1.165) is 24.2 Å². The number of rotatable bonds is 3. The molecular weight excluding hydrogens is 246 g/mol. The lowest BCUT2D eigenvalue weighted by Gasteiger charge is -2.22. The zero-order valence-corrected chi connectivity index (χ0v) is 11.2. The standard InChI is InChI=1S/C14H14ClN3/c1-3-18(4-2)13-6-5-10-7-11(15)9-17-14(10)12(13)8-16/h5-7,9H,3-4H2,1-2H3. The Labute approximate surface area is 112 Å². The normalized spacial score (nSPS) is 10.3. The summed E-state index contributed by atoms with van der Waals surface area (Å²) in [5, 5.41) is 10.9. The van der Waals surface area contributed by atoms with Gasteiger partial charge < -0.3 is 4.90 Å². The van der Waals surface area contributed by atoms with E-state index >= 15 is 0 Å². The second kappa shape index (κ2) is 5.24. The van der Waals surface area contributed by atoms with E-state index in [1.165, 1.54) is 0 Å². The zero-order chi connectivity index (χ0) is 13.1. The van der Waals surface area contributed by atoms with Gasteiger partial charge in [-0.15, -0.1) is 0 Å². The number of benzene rings is 1. The van der Waals surface area contributed by atoms with Gasteiger partial charge in [-0.25, -0.2) is 0 Å². The van der Waals surface area contributed by atoms with Crippen LogP contribution in [0.15, 0.2) is 24.4 Å². The maximum absolute atomic E-state index is 9.38. The average Bonchev–Trinajstić information content (AvgIpc) is 2.39. The first-order valence-electron chi connectivity index (χ1n) is 5.94. The molecule has 2 aromatic rings. The summed E-state index contributed by atoms with van der Waals surface area (Å²) in [5.74, 6) is 0. The molecule has 0 radical (unpaired) electrons. The van der Waals surface area contributed by atoms with Gasteiger partial charge in [0.1, 0.15) is 11.6 Å². The highest BCUT2D eigenvalue weighted by Crippen LogP contribution is 2.28. The summed E-state index contributed by atoms with van der Waals surface area (Å²) < 4.78 is 0. The maximum Gasteiger partial charge on any atom is 0.104 e. The molecule has 0 spiro atoms. The van der Waals surface area contributed by atoms with Crippen LogP contribution in [-0.4, -0.2) is 18.1 Å². The Morgan fingerprint density at radius 3 is 2.67 bits per heavy atom. The van der Waals surface area contributed by atoms with E-state index in [1.54, 1.807) is 6.20 Å². The molecule has 1 heterocycles. The molecule has 4 heteroatoms. The number of nitriles is 1. The highest BCUT2D eigenvalue weighted by molar-refractivity contribution is 6.31. The fraction of sp³-hybridized carbons (Fsp3) is 0.286. The van der Waals surface area contributed by atoms with Crippen molar-refractivity contribution >= 4 is 28.2 Å². The molecule has 0 saturated carbocycles. The first-order valence-corrected chi connectivity index (χ1v) is 6.32. The number of hydrogen-bond donors (Lipinski definition) is 0. The van der Waals surface area contributed by atoms with Crippen LogP contribution in [-0.2, 0) is 0 Å². The molecule has 2 rings (SSSR count). The lowest BCUT2D eigenvalue weighted by atomic mass is 10.1. The van der Waals surface area contributed by atoms with Crippen LogP contribution in [0.2, 0.25) is 5.02 Å². The van der Waals surface area contributed by atoms with E-state index in [-0.39, 0.29) is 0 Å². The first kappa shape index (κ1) is 12.7. The summed E-state index contributed by atoms with van der Waals surface area (Å²) >= 11 is 5.92. The van der Waals surface area contributed by atoms with E-state index in [0.29, 0.717) is 16.1 Å². The van der Waals surface area contributed by atoms with Gasteiger partial charge in [-0.05, 0) is 26.0 Å². The summed E-state index contributed by atoms with van der Waals surface area (Å²) in [6.07, 6.45) is 1.58. The molecule has 3 nitrogen and oxygen atoms in total. The van der Waals surface area contributed by atoms with Gasteiger partial charge in [-0.3, -0.25) is 4.98 Å². The molecule has 0 aliphatic rings. The first-order chi connectivity index (χ1) is 8.71. The third kappa shape index (κ3) is 2.12. The van der Waals surface area contributed by atoms with Crippen molar-refractivity contribution in [2.75, 3.05) is 18.0 Å². The summed E-state index contributed by atoms with van der Waals surface area (Å²) in [6, 6.07) is 8.02. The Balaban J connectivity index is 2.71. The number of pyridine rings is 1. The molecule has 1 aromatic heterocycles. The van der Waals surface area contributed by atoms with E-state index in [2.05, 4.69) is 29.8 Å². The number of hydrogen-bond acceptors (Lipinski definition) is 3. The third-order valence-electron chi connectivity index (χ3n) is 3.01. The molecule has 18 heavy (non-hydrogen) atoms. The fourth-order valence-electron chi connectivity index (χ4n) is 2.10. The Bertz CT molecular complexity index is 612. The number of anilines is 1. The quantitative estimate of drug-likeness (QED) is 0.845. The molecule has 0 N–H and O–H groups in total. The molecule has 92 valence electrons. The van der Waals surface area contributed by atoms with Crippen LogP contribution in [0.25, 0.3) is 10.9 Å². The monoisotopic (exact) mass is 259 g/mol. The van der Waals surface area contributed by atoms with Crippen molar-refractivity contribution in [3.8, 4) is 6.07 Å². The molecule has 0 bridgehead atoms. The largest absolute Gasteiger partial charge is 0.371 e. The number of aromatic nitrogens is 1. The summed E-state index contributed by atoms with van der Waals surface area (Å²) in [6.45, 7) is 5.88. The second-order valence-electron chi connectivity index (χ2n) is 3.97. The predicted molar refractivity (Wildman–Crippen MR) is 75.0 cm³/mol. The zero-order valence-electron chi connectivity index (χ0n) is 10.4. The minimum atomic E-state index is 0.585. The molecule has 0 atom stereocenters. The Kier molecular flexibility index (Phi) is 3.69. The average molecular weight is 260 g/mol. The number of halogens is 1. The lowest BCUT2D eigenvalue weighted by Crippen LogP contribution is -2.22. The third-order valence-corrected chi connectivity index (χ3v) is 3.22. The van der Waals surface area contributed by atoms with Gasteiger partial charge in [0.2, 0.25) is 0 Å². The van der Waals surface area contributed by atoms with Gasteiger partial charge in [0.15, 0.2) is 0 Å². The van der Waals surface area contributed by atoms with Gasteiger partial charge in [0, 0.05) is 24.7 Å². The van der Waals surface area contributed by atoms with Crippen LogP contribution >= 0.6 is 11.6 Å². The summed E-state index contributed by atoms with van der Waals surface area (Å²) in [7, 11) is 0. The Hall–Kier alpha value is -1.79. The molecule has 0 amide bonds. The minimum absolute atomic E-state index is 0.585. The molecular formula is C14H14ClN3. The molecule has 0 unspecified atom stereocenters. The van der Waals surface area contributed by atoms with Gasteiger partial charge >= 0.3 is 0 Å². The van der Waals surface area contributed by atoms with E-state index in [4.69, 9.17) is 11.6 Å². The predicted octanol–water partition coefficient (Wildman–Crippen LogP) is 3.61. The van der Waals surface area contributed by atoms with Gasteiger partial charge in [-0.2, -0.15) is 5.26 Å². The van der Waals surface area contributed by atoms with Crippen molar-refractivity contribution in [1.29, 1.82) is 5.26 Å². The molecule has 0 fully saturated rings. The minimum Gasteiger partial charge on any atom is -0.371 e. The summed E-state index contributed by atoms with van der Waals surface area (Å²) in [5.41, 5.74) is 2.27. The molecule has 0 saturated heterocycles. The van der Waals surface area contributed by atoms with Crippen molar-refractivity contribution in [3.63, 3.8) is 0 Å². The van der Waals surface area contributed by atoms with Gasteiger partial charge in [0.05, 0.1) is 16.2 Å². The van der Waals surface area contributed by atoms with E-state index in [9.17, 15) is 5.26 Å². The van der Waals surface area contributed by atoms with Crippen LogP contribution in [0.1, 0.15) is 19.4 Å². The highest BCUT2D eigenvalue weighted by atomic mass is 35.5. The maximum atomic E-state index is 9.38. The smallest absolute Gasteiger partial charge is 0.104 e. The molecule has 0 aliphatic heterocycles. The Morgan fingerprint density at radius 2 is 2.06 bits per heavy atom. The summed E-state index contributed by atoms with van der Waals surface area (Å²) in [4.78, 5) is 6.43.